The minimum Gasteiger partial charge on any atom is -0.231 e. The summed E-state index contributed by atoms with van der Waals surface area (Å²) in [5, 5.41) is 10.0. The highest BCUT2D eigenvalue weighted by Crippen LogP contribution is 2.37. The van der Waals surface area contributed by atoms with Crippen molar-refractivity contribution in [1.82, 2.24) is 4.98 Å². The van der Waals surface area contributed by atoms with Crippen LogP contribution in [0, 0.1) is 6.92 Å². The zero-order valence-corrected chi connectivity index (χ0v) is 13.7. The summed E-state index contributed by atoms with van der Waals surface area (Å²) in [7, 11) is 0. The van der Waals surface area contributed by atoms with Gasteiger partial charge in [-0.25, -0.2) is 9.99 Å². The van der Waals surface area contributed by atoms with Gasteiger partial charge < -0.3 is 0 Å². The van der Waals surface area contributed by atoms with Crippen LogP contribution in [0.2, 0.25) is 0 Å². The molecular weight excluding hydrogens is 302 g/mol. The van der Waals surface area contributed by atoms with Gasteiger partial charge in [-0.05, 0) is 18.1 Å². The topological polar surface area (TPSA) is 28.5 Å². The van der Waals surface area contributed by atoms with E-state index >= 15 is 0 Å². The van der Waals surface area contributed by atoms with E-state index in [4.69, 9.17) is 5.10 Å². The van der Waals surface area contributed by atoms with E-state index in [9.17, 15) is 0 Å². The van der Waals surface area contributed by atoms with Crippen molar-refractivity contribution in [2.75, 3.05) is 5.01 Å². The zero-order chi connectivity index (χ0) is 15.6. The molecule has 4 rings (SSSR count). The fourth-order valence-corrected chi connectivity index (χ4v) is 3.67. The number of aromatic nitrogens is 1. The van der Waals surface area contributed by atoms with Crippen LogP contribution in [0.3, 0.4) is 0 Å². The molecule has 1 aromatic heterocycles. The van der Waals surface area contributed by atoms with Gasteiger partial charge in [-0.1, -0.05) is 60.7 Å². The largest absolute Gasteiger partial charge is 0.231 e. The van der Waals surface area contributed by atoms with Crippen molar-refractivity contribution in [3.05, 3.63) is 82.9 Å². The molecule has 114 valence electrons. The van der Waals surface area contributed by atoms with Crippen LogP contribution in [0.4, 0.5) is 5.13 Å². The quantitative estimate of drug-likeness (QED) is 0.693. The SMILES string of the molecule is Cc1csc(N2N=C(c3ccccc3)C[C@H]2c2ccccc2)n1. The summed E-state index contributed by atoms with van der Waals surface area (Å²) in [6, 6.07) is 21.2. The molecular formula is C19H17N3S. The number of hydrazone groups is 1. The summed E-state index contributed by atoms with van der Waals surface area (Å²) in [6.07, 6.45) is 0.895. The normalized spacial score (nSPS) is 17.3. The first kappa shape index (κ1) is 14.2. The Balaban J connectivity index is 1.75. The zero-order valence-electron chi connectivity index (χ0n) is 12.9. The van der Waals surface area contributed by atoms with Crippen molar-refractivity contribution in [2.45, 2.75) is 19.4 Å². The Morgan fingerprint density at radius 1 is 1.00 bits per heavy atom. The lowest BCUT2D eigenvalue weighted by Gasteiger charge is -2.21. The van der Waals surface area contributed by atoms with Crippen molar-refractivity contribution in [1.29, 1.82) is 0 Å². The third-order valence-corrected chi connectivity index (χ3v) is 4.95. The Morgan fingerprint density at radius 3 is 2.35 bits per heavy atom. The molecule has 0 saturated heterocycles. The monoisotopic (exact) mass is 319 g/mol. The smallest absolute Gasteiger partial charge is 0.206 e. The van der Waals surface area contributed by atoms with Crippen LogP contribution >= 0.6 is 11.3 Å². The lowest BCUT2D eigenvalue weighted by Crippen LogP contribution is -2.18. The lowest BCUT2D eigenvalue weighted by atomic mass is 9.99. The molecule has 2 heterocycles. The van der Waals surface area contributed by atoms with E-state index in [1.165, 1.54) is 11.1 Å². The molecule has 0 radical (unpaired) electrons. The summed E-state index contributed by atoms with van der Waals surface area (Å²) in [5.41, 5.74) is 4.62. The second-order valence-corrected chi connectivity index (χ2v) is 6.50. The van der Waals surface area contributed by atoms with E-state index in [1.54, 1.807) is 11.3 Å². The number of benzene rings is 2. The van der Waals surface area contributed by atoms with Gasteiger partial charge in [0.1, 0.15) is 0 Å². The van der Waals surface area contributed by atoms with E-state index in [2.05, 4.69) is 70.0 Å². The van der Waals surface area contributed by atoms with Gasteiger partial charge in [-0.15, -0.1) is 11.3 Å². The second kappa shape index (κ2) is 5.97. The molecule has 0 saturated carbocycles. The van der Waals surface area contributed by atoms with Crippen LogP contribution < -0.4 is 5.01 Å². The van der Waals surface area contributed by atoms with Crippen LogP contribution in [0.1, 0.15) is 29.3 Å². The highest BCUT2D eigenvalue weighted by atomic mass is 32.1. The Kier molecular flexibility index (Phi) is 3.67. The molecule has 0 spiro atoms. The van der Waals surface area contributed by atoms with Gasteiger partial charge in [0.25, 0.3) is 0 Å². The number of thiazole rings is 1. The van der Waals surface area contributed by atoms with Crippen molar-refractivity contribution in [3.63, 3.8) is 0 Å². The van der Waals surface area contributed by atoms with Crippen LogP contribution in [-0.2, 0) is 0 Å². The average Bonchev–Trinajstić information content (AvgIpc) is 3.23. The molecule has 23 heavy (non-hydrogen) atoms. The summed E-state index contributed by atoms with van der Waals surface area (Å²) in [4.78, 5) is 4.63. The van der Waals surface area contributed by atoms with E-state index in [0.717, 1.165) is 23.0 Å². The van der Waals surface area contributed by atoms with E-state index in [0.29, 0.717) is 0 Å². The molecule has 3 aromatic rings. The van der Waals surface area contributed by atoms with Crippen LogP contribution in [0.25, 0.3) is 0 Å². The summed E-state index contributed by atoms with van der Waals surface area (Å²) >= 11 is 1.65. The average molecular weight is 319 g/mol. The van der Waals surface area contributed by atoms with Crippen molar-refractivity contribution < 1.29 is 0 Å². The summed E-state index contributed by atoms with van der Waals surface area (Å²) in [5.74, 6) is 0. The van der Waals surface area contributed by atoms with Gasteiger partial charge in [0, 0.05) is 11.8 Å². The molecule has 2 aromatic carbocycles. The van der Waals surface area contributed by atoms with Crippen LogP contribution in [-0.4, -0.2) is 10.7 Å². The van der Waals surface area contributed by atoms with Crippen molar-refractivity contribution in [2.24, 2.45) is 5.10 Å². The molecule has 0 fully saturated rings. The van der Waals surface area contributed by atoms with Gasteiger partial charge in [0.05, 0.1) is 17.4 Å². The van der Waals surface area contributed by atoms with E-state index < -0.39 is 0 Å². The molecule has 1 aliphatic rings. The second-order valence-electron chi connectivity index (χ2n) is 5.66. The fraction of sp³-hybridized carbons (Fsp3) is 0.158. The van der Waals surface area contributed by atoms with Crippen LogP contribution in [0.15, 0.2) is 71.1 Å². The van der Waals surface area contributed by atoms with Crippen molar-refractivity contribution >= 4 is 22.2 Å². The Hall–Kier alpha value is -2.46. The fourth-order valence-electron chi connectivity index (χ4n) is 2.87. The van der Waals surface area contributed by atoms with Gasteiger partial charge >= 0.3 is 0 Å². The highest BCUT2D eigenvalue weighted by molar-refractivity contribution is 7.13. The molecule has 4 heteroatoms. The van der Waals surface area contributed by atoms with Gasteiger partial charge in [0.2, 0.25) is 5.13 Å². The molecule has 0 amide bonds. The predicted octanol–water partition coefficient (Wildman–Crippen LogP) is 4.81. The highest BCUT2D eigenvalue weighted by Gasteiger charge is 2.31. The number of anilines is 1. The number of nitrogens with zero attached hydrogens (tertiary/aromatic N) is 3. The third kappa shape index (κ3) is 2.78. The molecule has 0 unspecified atom stereocenters. The maximum absolute atomic E-state index is 4.90. The molecule has 0 bridgehead atoms. The summed E-state index contributed by atoms with van der Waals surface area (Å²) in [6.45, 7) is 2.02. The number of rotatable bonds is 3. The van der Waals surface area contributed by atoms with Gasteiger partial charge in [-0.2, -0.15) is 5.10 Å². The molecule has 0 aliphatic carbocycles. The Labute approximate surface area is 139 Å². The summed E-state index contributed by atoms with van der Waals surface area (Å²) < 4.78 is 0. The number of hydrogen-bond acceptors (Lipinski definition) is 4. The maximum atomic E-state index is 4.90. The third-order valence-electron chi connectivity index (χ3n) is 4.00. The molecule has 1 aliphatic heterocycles. The molecule has 0 N–H and O–H groups in total. The van der Waals surface area contributed by atoms with Gasteiger partial charge in [-0.3, -0.25) is 0 Å². The van der Waals surface area contributed by atoms with Crippen LogP contribution in [0.5, 0.6) is 0 Å². The van der Waals surface area contributed by atoms with E-state index in [1.807, 2.05) is 13.0 Å². The first-order valence-corrected chi connectivity index (χ1v) is 8.58. The first-order chi connectivity index (χ1) is 11.3. The lowest BCUT2D eigenvalue weighted by molar-refractivity contribution is 0.705. The molecule has 1 atom stereocenters. The Morgan fingerprint density at radius 2 is 1.70 bits per heavy atom. The van der Waals surface area contributed by atoms with Gasteiger partial charge in [0.15, 0.2) is 0 Å². The molecule has 3 nitrogen and oxygen atoms in total. The maximum Gasteiger partial charge on any atom is 0.206 e. The standard InChI is InChI=1S/C19H17N3S/c1-14-13-23-19(20-14)22-18(16-10-6-3-7-11-16)12-17(21-22)15-8-4-2-5-9-15/h2-11,13,18H,12H2,1H3/t18-/m0/s1. The minimum absolute atomic E-state index is 0.206. The minimum atomic E-state index is 0.206. The number of aryl methyl sites for hydroxylation is 1. The Bertz CT molecular complexity index is 824. The first-order valence-electron chi connectivity index (χ1n) is 7.70. The van der Waals surface area contributed by atoms with Crippen molar-refractivity contribution in [3.8, 4) is 0 Å². The predicted molar refractivity (Wildman–Crippen MR) is 96.1 cm³/mol. The van der Waals surface area contributed by atoms with E-state index in [-0.39, 0.29) is 6.04 Å². The number of hydrogen-bond donors (Lipinski definition) is 0.